The molecule has 0 N–H and O–H groups in total. The summed E-state index contributed by atoms with van der Waals surface area (Å²) in [6, 6.07) is 48.9. The van der Waals surface area contributed by atoms with Crippen molar-refractivity contribution in [1.29, 1.82) is 0 Å². The predicted molar refractivity (Wildman–Crippen MR) is 238 cm³/mol. The van der Waals surface area contributed by atoms with Crippen LogP contribution in [0.25, 0.3) is 27.8 Å². The first kappa shape index (κ1) is 35.1. The summed E-state index contributed by atoms with van der Waals surface area (Å²) in [4.78, 5) is 2.47. The maximum absolute atomic E-state index is 6.64. The largest absolute Gasteiger partial charge is 0.485 e. The molecule has 5 aromatic carbocycles. The summed E-state index contributed by atoms with van der Waals surface area (Å²) in [6.07, 6.45) is 27.1. The van der Waals surface area contributed by atoms with Gasteiger partial charge in [-0.25, -0.2) is 0 Å². The first-order chi connectivity index (χ1) is 28.2. The Labute approximate surface area is 337 Å². The van der Waals surface area contributed by atoms with Gasteiger partial charge >= 0.3 is 0 Å². The van der Waals surface area contributed by atoms with Crippen LogP contribution < -0.4 is 4.90 Å². The molecule has 1 fully saturated rings. The van der Waals surface area contributed by atoms with E-state index in [1.54, 1.807) is 0 Å². The number of rotatable bonds is 8. The van der Waals surface area contributed by atoms with E-state index in [4.69, 9.17) is 4.74 Å². The lowest BCUT2D eigenvalue weighted by atomic mass is 9.78. The van der Waals surface area contributed by atoms with E-state index in [9.17, 15) is 0 Å². The predicted octanol–water partition coefficient (Wildman–Crippen LogP) is 14.3. The van der Waals surface area contributed by atoms with Gasteiger partial charge in [-0.05, 0) is 107 Å². The van der Waals surface area contributed by atoms with Gasteiger partial charge in [-0.3, -0.25) is 0 Å². The number of hydrogen-bond donors (Lipinski definition) is 0. The molecule has 1 aliphatic heterocycles. The van der Waals surface area contributed by atoms with Gasteiger partial charge in [-0.15, -0.1) is 0 Å². The Morgan fingerprint density at radius 2 is 1.25 bits per heavy atom. The third kappa shape index (κ3) is 6.91. The standard InChI is InChI=1S/C55H47NO/c1-38-34-46(40-16-7-3-8-17-40)28-33-53(38)56(48-29-24-41(25-30-48)39-14-5-2-6-15-39)49-31-26-42(27-32-49)44-20-13-21-45(35-44)47-36-51(43-18-9-4-10-19-43)55-52(37-47)50-22-11-12-23-54(50)57-55/h2-7,9-16,18-33,35,37-38,47,50,54H,8,17,34,36H2,1H3. The highest BCUT2D eigenvalue weighted by atomic mass is 16.5. The summed E-state index contributed by atoms with van der Waals surface area (Å²) in [6.45, 7) is 2.38. The minimum Gasteiger partial charge on any atom is -0.485 e. The normalized spacial score (nSPS) is 22.1. The molecule has 4 atom stereocenters. The third-order valence-electron chi connectivity index (χ3n) is 12.3. The quantitative estimate of drug-likeness (QED) is 0.157. The zero-order chi connectivity index (χ0) is 38.1. The lowest BCUT2D eigenvalue weighted by molar-refractivity contribution is 0.185. The fourth-order valence-electron chi connectivity index (χ4n) is 9.35. The Kier molecular flexibility index (Phi) is 9.40. The van der Waals surface area contributed by atoms with E-state index in [0.717, 1.165) is 31.4 Å². The zero-order valence-corrected chi connectivity index (χ0v) is 32.5. The highest BCUT2D eigenvalue weighted by Gasteiger charge is 2.40. The molecule has 278 valence electrons. The van der Waals surface area contributed by atoms with Crippen LogP contribution >= 0.6 is 0 Å². The van der Waals surface area contributed by atoms with Crippen LogP contribution in [0.15, 0.2) is 222 Å². The molecule has 5 aliphatic rings. The number of hydrogen-bond acceptors (Lipinski definition) is 2. The van der Waals surface area contributed by atoms with Crippen molar-refractivity contribution in [2.45, 2.75) is 44.6 Å². The van der Waals surface area contributed by atoms with E-state index in [-0.39, 0.29) is 17.9 Å². The average molecular weight is 738 g/mol. The summed E-state index contributed by atoms with van der Waals surface area (Å²) in [5, 5.41) is 0. The fraction of sp³-hybridized carbons (Fsp3) is 0.164. The van der Waals surface area contributed by atoms with Crippen molar-refractivity contribution >= 4 is 16.9 Å². The minimum absolute atomic E-state index is 0.0667. The molecule has 1 saturated heterocycles. The number of nitrogens with zero attached hydrogens (tertiary/aromatic N) is 1. The lowest BCUT2D eigenvalue weighted by Crippen LogP contribution is -2.23. The van der Waals surface area contributed by atoms with Crippen molar-refractivity contribution in [3.8, 4) is 22.3 Å². The van der Waals surface area contributed by atoms with Crippen LogP contribution in [0, 0.1) is 11.8 Å². The summed E-state index contributed by atoms with van der Waals surface area (Å²) < 4.78 is 6.64. The van der Waals surface area contributed by atoms with Crippen LogP contribution in [-0.2, 0) is 4.74 Å². The number of fused-ring (bicyclic) bond motifs is 3. The first-order valence-corrected chi connectivity index (χ1v) is 20.6. The summed E-state index contributed by atoms with van der Waals surface area (Å²) in [7, 11) is 0. The van der Waals surface area contributed by atoms with E-state index in [0.29, 0.717) is 5.92 Å². The summed E-state index contributed by atoms with van der Waals surface area (Å²) in [5.74, 6) is 1.95. The van der Waals surface area contributed by atoms with Gasteiger partial charge < -0.3 is 9.64 Å². The van der Waals surface area contributed by atoms with Crippen LogP contribution in [0.1, 0.15) is 49.7 Å². The van der Waals surface area contributed by atoms with Crippen molar-refractivity contribution in [3.63, 3.8) is 0 Å². The Morgan fingerprint density at radius 3 is 1.95 bits per heavy atom. The second-order valence-electron chi connectivity index (χ2n) is 16.0. The zero-order valence-electron chi connectivity index (χ0n) is 32.5. The molecule has 4 aliphatic carbocycles. The highest BCUT2D eigenvalue weighted by Crippen LogP contribution is 2.49. The van der Waals surface area contributed by atoms with Crippen LogP contribution in [0.2, 0.25) is 0 Å². The van der Waals surface area contributed by atoms with Crippen molar-refractivity contribution in [3.05, 3.63) is 234 Å². The number of benzene rings is 5. The maximum atomic E-state index is 6.64. The lowest BCUT2D eigenvalue weighted by Gasteiger charge is -2.34. The molecule has 2 heteroatoms. The highest BCUT2D eigenvalue weighted by molar-refractivity contribution is 5.78. The molecule has 0 amide bonds. The molecule has 2 nitrogen and oxygen atoms in total. The van der Waals surface area contributed by atoms with E-state index in [1.165, 1.54) is 72.7 Å². The molecule has 57 heavy (non-hydrogen) atoms. The number of allylic oxidation sites excluding steroid dienone is 13. The van der Waals surface area contributed by atoms with Gasteiger partial charge in [0, 0.05) is 46.0 Å². The van der Waals surface area contributed by atoms with E-state index < -0.39 is 0 Å². The smallest absolute Gasteiger partial charge is 0.128 e. The summed E-state index contributed by atoms with van der Waals surface area (Å²) in [5.41, 5.74) is 16.7. The second-order valence-corrected chi connectivity index (χ2v) is 16.0. The van der Waals surface area contributed by atoms with Gasteiger partial charge in [0.05, 0.1) is 0 Å². The van der Waals surface area contributed by atoms with Gasteiger partial charge in [0.25, 0.3) is 0 Å². The SMILES string of the molecule is CC1CC(C2=CC=CCC2)=CC=C1N(c1ccc(-c2ccccc2)cc1)c1ccc(-c2cccc(C3C=C4C(=C(c5ccccc5)C3)OC3C=CC=CC43)c2)cc1. The van der Waals surface area contributed by atoms with Crippen molar-refractivity contribution in [1.82, 2.24) is 0 Å². The van der Waals surface area contributed by atoms with E-state index in [2.05, 4.69) is 206 Å². The third-order valence-corrected chi connectivity index (χ3v) is 12.3. The Balaban J connectivity index is 0.977. The second kappa shape index (κ2) is 15.3. The summed E-state index contributed by atoms with van der Waals surface area (Å²) >= 11 is 0. The van der Waals surface area contributed by atoms with Crippen molar-refractivity contribution in [2.24, 2.45) is 11.8 Å². The molecule has 10 rings (SSSR count). The monoisotopic (exact) mass is 737 g/mol. The Morgan fingerprint density at radius 1 is 0.579 bits per heavy atom. The first-order valence-electron chi connectivity index (χ1n) is 20.6. The topological polar surface area (TPSA) is 12.5 Å². The molecular formula is C55H47NO. The van der Waals surface area contributed by atoms with Crippen LogP contribution in [-0.4, -0.2) is 6.10 Å². The van der Waals surface area contributed by atoms with Gasteiger partial charge in [0.15, 0.2) is 0 Å². The van der Waals surface area contributed by atoms with E-state index in [1.807, 2.05) is 0 Å². The Hall–Kier alpha value is -6.38. The fourth-order valence-corrected chi connectivity index (χ4v) is 9.35. The van der Waals surface area contributed by atoms with Crippen LogP contribution in [0.3, 0.4) is 0 Å². The maximum Gasteiger partial charge on any atom is 0.128 e. The molecule has 0 spiro atoms. The van der Waals surface area contributed by atoms with Gasteiger partial charge in [0.2, 0.25) is 0 Å². The molecule has 1 heterocycles. The molecule has 0 saturated carbocycles. The molecule has 4 unspecified atom stereocenters. The van der Waals surface area contributed by atoms with Crippen LogP contribution in [0.5, 0.6) is 0 Å². The molecule has 0 radical (unpaired) electrons. The minimum atomic E-state index is 0.0667. The van der Waals surface area contributed by atoms with Gasteiger partial charge in [0.1, 0.15) is 11.9 Å². The number of ether oxygens (including phenoxy) is 1. The van der Waals surface area contributed by atoms with Gasteiger partial charge in [-0.2, -0.15) is 0 Å². The van der Waals surface area contributed by atoms with Crippen molar-refractivity contribution < 1.29 is 4.74 Å². The molecule has 0 bridgehead atoms. The molecular weight excluding hydrogens is 691 g/mol. The molecule has 5 aromatic rings. The van der Waals surface area contributed by atoms with Crippen LogP contribution in [0.4, 0.5) is 11.4 Å². The average Bonchev–Trinajstić information content (AvgIpc) is 3.67. The van der Waals surface area contributed by atoms with Crippen molar-refractivity contribution in [2.75, 3.05) is 4.90 Å². The van der Waals surface area contributed by atoms with Gasteiger partial charge in [-0.1, -0.05) is 165 Å². The number of anilines is 2. The van der Waals surface area contributed by atoms with E-state index >= 15 is 0 Å². The Bertz CT molecular complexity index is 2540. The molecule has 0 aromatic heterocycles.